The van der Waals surface area contributed by atoms with Crippen LogP contribution < -0.4 is 11.1 Å². The van der Waals surface area contributed by atoms with Gasteiger partial charge in [-0.05, 0) is 64.0 Å². The predicted molar refractivity (Wildman–Crippen MR) is 193 cm³/mol. The van der Waals surface area contributed by atoms with E-state index in [1.165, 1.54) is 103 Å². The summed E-state index contributed by atoms with van der Waals surface area (Å²) in [6.45, 7) is 4.88. The molecule has 0 saturated heterocycles. The topological polar surface area (TPSA) is 119 Å². The molecular weight excluding hydrogens is 576 g/mol. The Labute approximate surface area is 283 Å². The summed E-state index contributed by atoms with van der Waals surface area (Å²) in [7, 11) is 0. The molecule has 0 aliphatic rings. The van der Waals surface area contributed by atoms with Crippen LogP contribution >= 0.6 is 0 Å². The number of carboxylic acid groups (broad SMARTS) is 1. The number of allylic oxidation sites excluding steroid dienone is 1. The maximum absolute atomic E-state index is 12.6. The molecule has 1 amide bonds. The highest BCUT2D eigenvalue weighted by atomic mass is 16.5. The summed E-state index contributed by atoms with van der Waals surface area (Å²) in [4.78, 5) is 36.1. The van der Waals surface area contributed by atoms with Gasteiger partial charge in [-0.25, -0.2) is 4.79 Å². The van der Waals surface area contributed by atoms with Gasteiger partial charge in [-0.1, -0.05) is 142 Å². The number of nitrogens with two attached hydrogens (primary N) is 1. The van der Waals surface area contributed by atoms with Crippen LogP contribution in [0.4, 0.5) is 0 Å². The monoisotopic (exact) mass is 651 g/mol. The van der Waals surface area contributed by atoms with Crippen molar-refractivity contribution >= 4 is 17.8 Å². The third-order valence-electron chi connectivity index (χ3n) is 8.82. The molecule has 0 radical (unpaired) electrons. The first-order chi connectivity index (χ1) is 22.4. The maximum Gasteiger partial charge on any atom is 0.326 e. The van der Waals surface area contributed by atoms with E-state index in [-0.39, 0.29) is 18.0 Å². The smallest absolute Gasteiger partial charge is 0.326 e. The van der Waals surface area contributed by atoms with Crippen molar-refractivity contribution < 1.29 is 24.2 Å². The molecule has 0 heterocycles. The fraction of sp³-hybridized carbons (Fsp3) is 0.872. The fourth-order valence-electron chi connectivity index (χ4n) is 5.83. The number of nitrogens with one attached hydrogen (secondary N) is 1. The normalized spacial score (nSPS) is 12.8. The second kappa shape index (κ2) is 34.4. The van der Waals surface area contributed by atoms with E-state index in [1.54, 1.807) is 0 Å². The van der Waals surface area contributed by atoms with Crippen LogP contribution in [-0.2, 0) is 19.1 Å². The average Bonchev–Trinajstić information content (AvgIpc) is 3.03. The third-order valence-corrected chi connectivity index (χ3v) is 8.82. The maximum atomic E-state index is 12.6. The fourth-order valence-corrected chi connectivity index (χ4v) is 5.83. The minimum Gasteiger partial charge on any atom is -0.480 e. The molecule has 46 heavy (non-hydrogen) atoms. The van der Waals surface area contributed by atoms with Crippen molar-refractivity contribution in [2.45, 2.75) is 212 Å². The lowest BCUT2D eigenvalue weighted by atomic mass is 10.0. The van der Waals surface area contributed by atoms with Gasteiger partial charge in [0, 0.05) is 12.8 Å². The molecule has 7 nitrogen and oxygen atoms in total. The summed E-state index contributed by atoms with van der Waals surface area (Å²) in [5, 5.41) is 11.9. The highest BCUT2D eigenvalue weighted by Crippen LogP contribution is 2.16. The molecule has 2 unspecified atom stereocenters. The van der Waals surface area contributed by atoms with Crippen molar-refractivity contribution in [1.82, 2.24) is 5.32 Å². The number of hydrogen-bond acceptors (Lipinski definition) is 5. The van der Waals surface area contributed by atoms with Gasteiger partial charge in [0.2, 0.25) is 5.91 Å². The Morgan fingerprint density at radius 3 is 1.63 bits per heavy atom. The van der Waals surface area contributed by atoms with Crippen molar-refractivity contribution in [2.24, 2.45) is 5.73 Å². The Morgan fingerprint density at radius 1 is 0.630 bits per heavy atom. The molecule has 0 aromatic heterocycles. The van der Waals surface area contributed by atoms with Crippen LogP contribution in [0.15, 0.2) is 12.2 Å². The minimum absolute atomic E-state index is 0.0899. The lowest BCUT2D eigenvalue weighted by Crippen LogP contribution is -2.40. The molecule has 270 valence electrons. The second-order valence-electron chi connectivity index (χ2n) is 13.3. The first-order valence-electron chi connectivity index (χ1n) is 19.5. The van der Waals surface area contributed by atoms with E-state index in [4.69, 9.17) is 10.5 Å². The van der Waals surface area contributed by atoms with Crippen LogP contribution in [0, 0.1) is 0 Å². The molecule has 0 aliphatic heterocycles. The molecule has 0 aromatic carbocycles. The molecule has 0 spiro atoms. The van der Waals surface area contributed by atoms with Gasteiger partial charge in [-0.2, -0.15) is 0 Å². The highest BCUT2D eigenvalue weighted by Gasteiger charge is 2.19. The predicted octanol–water partition coefficient (Wildman–Crippen LogP) is 10.3. The molecule has 0 aromatic rings. The first kappa shape index (κ1) is 44.1. The Morgan fingerprint density at radius 2 is 1.11 bits per heavy atom. The number of ether oxygens (including phenoxy) is 1. The van der Waals surface area contributed by atoms with Gasteiger partial charge in [0.25, 0.3) is 0 Å². The molecule has 0 rings (SSSR count). The van der Waals surface area contributed by atoms with Crippen LogP contribution in [0.1, 0.15) is 200 Å². The Hall–Kier alpha value is -1.89. The average molecular weight is 651 g/mol. The zero-order valence-electron chi connectivity index (χ0n) is 30.2. The van der Waals surface area contributed by atoms with Crippen molar-refractivity contribution in [3.63, 3.8) is 0 Å². The number of carbonyl (C=O) groups is 3. The lowest BCUT2D eigenvalue weighted by Gasteiger charge is -2.15. The van der Waals surface area contributed by atoms with Crippen molar-refractivity contribution in [3.8, 4) is 0 Å². The van der Waals surface area contributed by atoms with Gasteiger partial charge in [-0.15, -0.1) is 0 Å². The summed E-state index contributed by atoms with van der Waals surface area (Å²) in [5.74, 6) is -1.33. The van der Waals surface area contributed by atoms with Gasteiger partial charge in [0.1, 0.15) is 12.1 Å². The number of carbonyl (C=O) groups excluding carboxylic acids is 2. The highest BCUT2D eigenvalue weighted by molar-refractivity contribution is 5.83. The molecule has 0 aliphatic carbocycles. The zero-order chi connectivity index (χ0) is 33.9. The molecule has 0 bridgehead atoms. The summed E-state index contributed by atoms with van der Waals surface area (Å²) < 4.78 is 5.87. The standard InChI is InChI=1S/C39H74N2O5/c1-3-5-7-9-10-11-12-13-14-15-16-17-18-19-21-27-33-38(43)46-35(29-24-20-8-6-4-2)30-25-22-23-26-32-37(42)41-36(39(44)45)31-28-34-40/h24,29,35-36H,3-23,25-28,30-34,40H2,1-2H3,(H,41,42)(H,44,45)/b29-24-. The van der Waals surface area contributed by atoms with E-state index < -0.39 is 12.0 Å². The number of carboxylic acids is 1. The molecule has 0 saturated carbocycles. The van der Waals surface area contributed by atoms with E-state index in [9.17, 15) is 19.5 Å². The van der Waals surface area contributed by atoms with Crippen LogP contribution in [0.3, 0.4) is 0 Å². The lowest BCUT2D eigenvalue weighted by molar-refractivity contribution is -0.147. The van der Waals surface area contributed by atoms with E-state index >= 15 is 0 Å². The Kier molecular flexibility index (Phi) is 33.0. The van der Waals surface area contributed by atoms with Gasteiger partial charge in [0.15, 0.2) is 0 Å². The number of aliphatic carboxylic acids is 1. The van der Waals surface area contributed by atoms with E-state index in [0.717, 1.165) is 51.4 Å². The molecule has 4 N–H and O–H groups in total. The van der Waals surface area contributed by atoms with Crippen molar-refractivity contribution in [2.75, 3.05) is 6.54 Å². The molecule has 0 fully saturated rings. The van der Waals surface area contributed by atoms with Gasteiger partial charge < -0.3 is 20.9 Å². The summed E-state index contributed by atoms with van der Waals surface area (Å²) in [6.07, 6.45) is 35.7. The second-order valence-corrected chi connectivity index (χ2v) is 13.3. The number of unbranched alkanes of at least 4 members (excludes halogenated alkanes) is 21. The largest absolute Gasteiger partial charge is 0.480 e. The van der Waals surface area contributed by atoms with Gasteiger partial charge >= 0.3 is 11.9 Å². The third kappa shape index (κ3) is 30.7. The SMILES string of the molecule is CCCCC/C=C\C(CCCCCCC(=O)NC(CCCN)C(=O)O)OC(=O)CCCCCCCCCCCCCCCCCC. The summed E-state index contributed by atoms with van der Waals surface area (Å²) >= 11 is 0. The summed E-state index contributed by atoms with van der Waals surface area (Å²) in [5.41, 5.74) is 5.46. The van der Waals surface area contributed by atoms with Crippen molar-refractivity contribution in [1.29, 1.82) is 0 Å². The molecule has 7 heteroatoms. The van der Waals surface area contributed by atoms with Crippen LogP contribution in [0.2, 0.25) is 0 Å². The van der Waals surface area contributed by atoms with E-state index in [2.05, 4.69) is 31.3 Å². The Bertz CT molecular complexity index is 742. The van der Waals surface area contributed by atoms with Gasteiger partial charge in [-0.3, -0.25) is 9.59 Å². The minimum atomic E-state index is -1.01. The number of hydrogen-bond donors (Lipinski definition) is 3. The van der Waals surface area contributed by atoms with Crippen molar-refractivity contribution in [3.05, 3.63) is 12.2 Å². The number of esters is 1. The number of rotatable bonds is 35. The quantitative estimate of drug-likeness (QED) is 0.0357. The van der Waals surface area contributed by atoms with Gasteiger partial charge in [0.05, 0.1) is 0 Å². The first-order valence-corrected chi connectivity index (χ1v) is 19.5. The number of amides is 1. The Balaban J connectivity index is 4.08. The van der Waals surface area contributed by atoms with E-state index in [1.807, 2.05) is 0 Å². The van der Waals surface area contributed by atoms with Crippen LogP contribution in [-0.4, -0.2) is 41.6 Å². The zero-order valence-corrected chi connectivity index (χ0v) is 30.2. The summed E-state index contributed by atoms with van der Waals surface area (Å²) in [6, 6.07) is -0.866. The molecule has 2 atom stereocenters. The molecular formula is C39H74N2O5. The van der Waals surface area contributed by atoms with Crippen LogP contribution in [0.5, 0.6) is 0 Å². The van der Waals surface area contributed by atoms with E-state index in [0.29, 0.717) is 38.6 Å². The van der Waals surface area contributed by atoms with Crippen LogP contribution in [0.25, 0.3) is 0 Å².